The average Bonchev–Trinajstić information content (AvgIpc) is 2.30. The van der Waals surface area contributed by atoms with Gasteiger partial charge < -0.3 is 9.80 Å². The van der Waals surface area contributed by atoms with Crippen LogP contribution < -0.4 is 0 Å². The summed E-state index contributed by atoms with van der Waals surface area (Å²) in [7, 11) is 3.67. The highest BCUT2D eigenvalue weighted by Crippen LogP contribution is 2.16. The van der Waals surface area contributed by atoms with Crippen LogP contribution in [0, 0.1) is 0 Å². The van der Waals surface area contributed by atoms with E-state index in [1.165, 1.54) is 6.92 Å². The third kappa shape index (κ3) is 1.75. The quantitative estimate of drug-likeness (QED) is 0.563. The normalized spacial score (nSPS) is 29.9. The SMILES string of the molecule is CC(=O)N1C[C@H](F)[C@@H](N(C)C)C1. The van der Waals surface area contributed by atoms with Crippen LogP contribution in [-0.4, -0.2) is 55.1 Å². The maximum absolute atomic E-state index is 13.2. The van der Waals surface area contributed by atoms with E-state index in [-0.39, 0.29) is 18.5 Å². The van der Waals surface area contributed by atoms with Crippen molar-refractivity contribution >= 4 is 5.91 Å². The molecule has 0 aromatic heterocycles. The summed E-state index contributed by atoms with van der Waals surface area (Å²) in [6.45, 7) is 2.24. The van der Waals surface area contributed by atoms with Crippen molar-refractivity contribution in [3.63, 3.8) is 0 Å². The molecule has 1 aliphatic heterocycles. The van der Waals surface area contributed by atoms with Gasteiger partial charge in [0.15, 0.2) is 0 Å². The largest absolute Gasteiger partial charge is 0.338 e. The molecule has 0 saturated carbocycles. The minimum atomic E-state index is -0.899. The predicted molar refractivity (Wildman–Crippen MR) is 44.6 cm³/mol. The highest BCUT2D eigenvalue weighted by Gasteiger charge is 2.35. The summed E-state index contributed by atoms with van der Waals surface area (Å²) in [6, 6.07) is -0.131. The summed E-state index contributed by atoms with van der Waals surface area (Å²) in [6.07, 6.45) is -0.899. The molecular formula is C8H15FN2O. The van der Waals surface area contributed by atoms with Crippen LogP contribution >= 0.6 is 0 Å². The molecule has 0 aromatic carbocycles. The van der Waals surface area contributed by atoms with E-state index >= 15 is 0 Å². The highest BCUT2D eigenvalue weighted by molar-refractivity contribution is 5.73. The van der Waals surface area contributed by atoms with E-state index < -0.39 is 6.17 Å². The monoisotopic (exact) mass is 174 g/mol. The third-order valence-electron chi connectivity index (χ3n) is 2.33. The van der Waals surface area contributed by atoms with Crippen molar-refractivity contribution in [3.05, 3.63) is 0 Å². The second kappa shape index (κ2) is 3.39. The molecule has 1 amide bonds. The molecule has 0 aliphatic carbocycles. The van der Waals surface area contributed by atoms with Crippen molar-refractivity contribution in [2.75, 3.05) is 27.2 Å². The van der Waals surface area contributed by atoms with Crippen LogP contribution in [0.1, 0.15) is 6.92 Å². The van der Waals surface area contributed by atoms with Crippen LogP contribution in [-0.2, 0) is 4.79 Å². The topological polar surface area (TPSA) is 23.6 Å². The molecule has 2 atom stereocenters. The third-order valence-corrected chi connectivity index (χ3v) is 2.33. The van der Waals surface area contributed by atoms with Crippen molar-refractivity contribution in [3.8, 4) is 0 Å². The fraction of sp³-hybridized carbons (Fsp3) is 0.875. The maximum Gasteiger partial charge on any atom is 0.219 e. The molecule has 3 nitrogen and oxygen atoms in total. The van der Waals surface area contributed by atoms with Gasteiger partial charge in [-0.25, -0.2) is 4.39 Å². The Morgan fingerprint density at radius 2 is 2.08 bits per heavy atom. The van der Waals surface area contributed by atoms with Gasteiger partial charge in [-0.1, -0.05) is 0 Å². The average molecular weight is 174 g/mol. The van der Waals surface area contributed by atoms with E-state index in [2.05, 4.69) is 0 Å². The van der Waals surface area contributed by atoms with E-state index in [4.69, 9.17) is 0 Å². The van der Waals surface area contributed by atoms with Gasteiger partial charge in [-0.05, 0) is 14.1 Å². The Labute approximate surface area is 72.1 Å². The van der Waals surface area contributed by atoms with Gasteiger partial charge >= 0.3 is 0 Å². The summed E-state index contributed by atoms with van der Waals surface area (Å²) in [5.41, 5.74) is 0. The van der Waals surface area contributed by atoms with Gasteiger partial charge in [0.25, 0.3) is 0 Å². The molecule has 4 heteroatoms. The van der Waals surface area contributed by atoms with Crippen molar-refractivity contribution in [2.24, 2.45) is 0 Å². The molecule has 1 heterocycles. The van der Waals surface area contributed by atoms with Crippen LogP contribution in [0.3, 0.4) is 0 Å². The van der Waals surface area contributed by atoms with E-state index in [0.29, 0.717) is 6.54 Å². The van der Waals surface area contributed by atoms with Crippen molar-refractivity contribution in [1.82, 2.24) is 9.80 Å². The van der Waals surface area contributed by atoms with Gasteiger partial charge in [0.05, 0.1) is 12.6 Å². The lowest BCUT2D eigenvalue weighted by atomic mass is 10.2. The maximum atomic E-state index is 13.2. The zero-order valence-corrected chi connectivity index (χ0v) is 7.75. The zero-order chi connectivity index (χ0) is 9.30. The molecule has 0 bridgehead atoms. The molecule has 12 heavy (non-hydrogen) atoms. The van der Waals surface area contributed by atoms with Crippen LogP contribution in [0.2, 0.25) is 0 Å². The first-order valence-electron chi connectivity index (χ1n) is 4.08. The highest BCUT2D eigenvalue weighted by atomic mass is 19.1. The van der Waals surface area contributed by atoms with E-state index in [1.54, 1.807) is 4.90 Å². The fourth-order valence-electron chi connectivity index (χ4n) is 1.49. The fourth-order valence-corrected chi connectivity index (χ4v) is 1.49. The summed E-state index contributed by atoms with van der Waals surface area (Å²) in [4.78, 5) is 14.3. The van der Waals surface area contributed by atoms with Crippen LogP contribution in [0.25, 0.3) is 0 Å². The van der Waals surface area contributed by atoms with E-state index in [0.717, 1.165) is 0 Å². The molecule has 0 radical (unpaired) electrons. The predicted octanol–water partition coefficient (Wildman–Crippen LogP) is 0.117. The molecule has 70 valence electrons. The Morgan fingerprint density at radius 3 is 2.33 bits per heavy atom. The first-order chi connectivity index (χ1) is 5.52. The second-order valence-electron chi connectivity index (χ2n) is 3.47. The molecule has 1 aliphatic rings. The van der Waals surface area contributed by atoms with Gasteiger partial charge in [0.1, 0.15) is 6.17 Å². The van der Waals surface area contributed by atoms with Gasteiger partial charge in [-0.2, -0.15) is 0 Å². The lowest BCUT2D eigenvalue weighted by Gasteiger charge is -2.20. The lowest BCUT2D eigenvalue weighted by Crippen LogP contribution is -2.36. The summed E-state index contributed by atoms with van der Waals surface area (Å²) in [5.74, 6) is -0.0398. The first-order valence-corrected chi connectivity index (χ1v) is 4.08. The number of hydrogen-bond donors (Lipinski definition) is 0. The smallest absolute Gasteiger partial charge is 0.219 e. The van der Waals surface area contributed by atoms with Crippen LogP contribution in [0.4, 0.5) is 4.39 Å². The number of carbonyl (C=O) groups is 1. The number of halogens is 1. The van der Waals surface area contributed by atoms with Crippen LogP contribution in [0.5, 0.6) is 0 Å². The molecule has 1 rings (SSSR count). The first kappa shape index (κ1) is 9.45. The molecule has 1 saturated heterocycles. The molecule has 0 unspecified atom stereocenters. The lowest BCUT2D eigenvalue weighted by molar-refractivity contribution is -0.128. The minimum Gasteiger partial charge on any atom is -0.338 e. The van der Waals surface area contributed by atoms with Crippen molar-refractivity contribution < 1.29 is 9.18 Å². The number of nitrogens with zero attached hydrogens (tertiary/aromatic N) is 2. The summed E-state index contributed by atoms with van der Waals surface area (Å²) >= 11 is 0. The standard InChI is InChI=1S/C8H15FN2O/c1-6(12)11-4-7(9)8(5-11)10(2)3/h7-8H,4-5H2,1-3H3/t7-,8-/m0/s1. The Morgan fingerprint density at radius 1 is 1.50 bits per heavy atom. The number of amides is 1. The molecule has 0 N–H and O–H groups in total. The number of likely N-dealkylation sites (tertiary alicyclic amines) is 1. The summed E-state index contributed by atoms with van der Waals surface area (Å²) < 4.78 is 13.2. The Kier molecular flexibility index (Phi) is 2.67. The minimum absolute atomic E-state index is 0.0398. The Bertz CT molecular complexity index is 184. The number of carbonyl (C=O) groups excluding carboxylic acids is 1. The van der Waals surface area contributed by atoms with Gasteiger partial charge in [-0.15, -0.1) is 0 Å². The van der Waals surface area contributed by atoms with E-state index in [1.807, 2.05) is 19.0 Å². The number of alkyl halides is 1. The molecule has 0 aromatic rings. The molecular weight excluding hydrogens is 159 g/mol. The van der Waals surface area contributed by atoms with Crippen molar-refractivity contribution in [1.29, 1.82) is 0 Å². The van der Waals surface area contributed by atoms with Gasteiger partial charge in [0, 0.05) is 13.5 Å². The van der Waals surface area contributed by atoms with Crippen LogP contribution in [0.15, 0.2) is 0 Å². The number of likely N-dealkylation sites (N-methyl/N-ethyl adjacent to an activating group) is 1. The van der Waals surface area contributed by atoms with Crippen molar-refractivity contribution in [2.45, 2.75) is 19.1 Å². The molecule has 1 fully saturated rings. The zero-order valence-electron chi connectivity index (χ0n) is 7.75. The Hall–Kier alpha value is -0.640. The second-order valence-corrected chi connectivity index (χ2v) is 3.47. The van der Waals surface area contributed by atoms with Gasteiger partial charge in [-0.3, -0.25) is 4.79 Å². The number of rotatable bonds is 1. The van der Waals surface area contributed by atoms with Gasteiger partial charge in [0.2, 0.25) is 5.91 Å². The van der Waals surface area contributed by atoms with E-state index in [9.17, 15) is 9.18 Å². The molecule has 0 spiro atoms. The Balaban J connectivity index is 2.56. The summed E-state index contributed by atoms with van der Waals surface area (Å²) in [5, 5.41) is 0. The number of hydrogen-bond acceptors (Lipinski definition) is 2.